The van der Waals surface area contributed by atoms with Gasteiger partial charge in [-0.15, -0.1) is 0 Å². The lowest BCUT2D eigenvalue weighted by molar-refractivity contribution is 0.0354. The Balaban J connectivity index is 5.22. The maximum absolute atomic E-state index is 12.3. The lowest BCUT2D eigenvalue weighted by atomic mass is 10.2. The van der Waals surface area contributed by atoms with Crippen molar-refractivity contribution >= 4 is 12.1 Å². The number of nitrogens with zero attached hydrogens (tertiary/aromatic N) is 3. The molecule has 0 fully saturated rings. The van der Waals surface area contributed by atoms with Gasteiger partial charge in [-0.25, -0.2) is 9.69 Å². The van der Waals surface area contributed by atoms with E-state index in [0.717, 1.165) is 6.42 Å². The van der Waals surface area contributed by atoms with Gasteiger partial charge in [-0.1, -0.05) is 6.92 Å². The van der Waals surface area contributed by atoms with Gasteiger partial charge in [0.15, 0.2) is 0 Å². The highest BCUT2D eigenvalue weighted by molar-refractivity contribution is 5.94. The minimum absolute atomic E-state index is 0.184. The van der Waals surface area contributed by atoms with Crippen molar-refractivity contribution in [3.05, 3.63) is 0 Å². The van der Waals surface area contributed by atoms with E-state index in [9.17, 15) is 4.79 Å². The summed E-state index contributed by atoms with van der Waals surface area (Å²) in [4.78, 5) is 20.0. The van der Waals surface area contributed by atoms with E-state index >= 15 is 0 Å². The van der Waals surface area contributed by atoms with Gasteiger partial charge in [0.25, 0.3) is 0 Å². The fraction of sp³-hybridized carbons (Fsp3) is 0.857. The Morgan fingerprint density at radius 3 is 2.20 bits per heavy atom. The number of guanidine groups is 1. The van der Waals surface area contributed by atoms with E-state index in [4.69, 9.17) is 10.5 Å². The Bertz CT molecular complexity index is 337. The molecule has 0 saturated heterocycles. The minimum atomic E-state index is -0.534. The minimum Gasteiger partial charge on any atom is -0.443 e. The number of aliphatic imine (C=N–C) groups is 1. The molecule has 0 saturated carbocycles. The van der Waals surface area contributed by atoms with Crippen molar-refractivity contribution in [1.29, 1.82) is 0 Å². The number of nitrogens with two attached hydrogens (primary N) is 1. The molecule has 0 aromatic rings. The molecule has 0 rings (SSSR count). The summed E-state index contributed by atoms with van der Waals surface area (Å²) in [5, 5.41) is 0. The van der Waals surface area contributed by atoms with Crippen LogP contribution in [0, 0.1) is 0 Å². The zero-order valence-electron chi connectivity index (χ0n) is 13.9. The molecular weight excluding hydrogens is 256 g/mol. The molecule has 0 aliphatic heterocycles. The van der Waals surface area contributed by atoms with Crippen molar-refractivity contribution in [3.8, 4) is 0 Å². The van der Waals surface area contributed by atoms with Crippen molar-refractivity contribution in [2.45, 2.75) is 59.7 Å². The molecule has 0 spiro atoms. The van der Waals surface area contributed by atoms with Gasteiger partial charge in [-0.3, -0.25) is 4.99 Å². The Morgan fingerprint density at radius 2 is 1.85 bits per heavy atom. The molecule has 6 nitrogen and oxygen atoms in total. The number of ether oxygens (including phenoxy) is 1. The van der Waals surface area contributed by atoms with Gasteiger partial charge >= 0.3 is 6.09 Å². The molecule has 0 aromatic heterocycles. The summed E-state index contributed by atoms with van der Waals surface area (Å²) in [7, 11) is 1.84. The molecule has 6 heteroatoms. The first-order valence-electron chi connectivity index (χ1n) is 7.21. The van der Waals surface area contributed by atoms with Crippen molar-refractivity contribution in [3.63, 3.8) is 0 Å². The van der Waals surface area contributed by atoms with Gasteiger partial charge in [0.05, 0.1) is 6.17 Å². The highest BCUT2D eigenvalue weighted by Crippen LogP contribution is 2.12. The van der Waals surface area contributed by atoms with Gasteiger partial charge in [0.2, 0.25) is 5.96 Å². The normalized spacial score (nSPS) is 13.9. The Hall–Kier alpha value is -1.30. The van der Waals surface area contributed by atoms with Gasteiger partial charge in [0.1, 0.15) is 5.60 Å². The molecule has 0 unspecified atom stereocenters. The second kappa shape index (κ2) is 8.09. The van der Waals surface area contributed by atoms with Gasteiger partial charge in [-0.05, 0) is 41.0 Å². The van der Waals surface area contributed by atoms with E-state index in [0.29, 0.717) is 19.0 Å². The third-order valence-corrected chi connectivity index (χ3v) is 2.70. The first-order chi connectivity index (χ1) is 9.17. The van der Waals surface area contributed by atoms with Crippen molar-refractivity contribution in [2.24, 2.45) is 10.7 Å². The molecule has 1 atom stereocenters. The molecule has 0 heterocycles. The summed E-state index contributed by atoms with van der Waals surface area (Å²) in [6.45, 7) is 12.4. The molecule has 2 N–H and O–H groups in total. The summed E-state index contributed by atoms with van der Waals surface area (Å²) in [6.07, 6.45) is 0.185. The second-order valence-electron chi connectivity index (χ2n) is 5.59. The molecule has 118 valence electrons. The quantitative estimate of drug-likeness (QED) is 0.489. The largest absolute Gasteiger partial charge is 0.443 e. The topological polar surface area (TPSA) is 71.2 Å². The fourth-order valence-corrected chi connectivity index (χ4v) is 1.62. The van der Waals surface area contributed by atoms with Crippen LogP contribution in [0.15, 0.2) is 4.99 Å². The van der Waals surface area contributed by atoms with Crippen LogP contribution in [0.25, 0.3) is 0 Å². The van der Waals surface area contributed by atoms with Crippen LogP contribution in [0.4, 0.5) is 4.79 Å². The smallest absolute Gasteiger partial charge is 0.417 e. The number of amides is 1. The molecular formula is C14H30N4O2. The average Bonchev–Trinajstić information content (AvgIpc) is 2.34. The lowest BCUT2D eigenvalue weighted by Gasteiger charge is -2.34. The highest BCUT2D eigenvalue weighted by atomic mass is 16.6. The van der Waals surface area contributed by atoms with Gasteiger partial charge in [-0.2, -0.15) is 0 Å². The summed E-state index contributed by atoms with van der Waals surface area (Å²) in [6, 6.07) is 0. The number of carbonyl (C=O) groups excluding carboxylic acids is 1. The van der Waals surface area contributed by atoms with E-state index in [1.807, 2.05) is 53.5 Å². The van der Waals surface area contributed by atoms with Crippen LogP contribution in [0.2, 0.25) is 0 Å². The average molecular weight is 286 g/mol. The first kappa shape index (κ1) is 18.7. The first-order valence-corrected chi connectivity index (χ1v) is 7.21. The highest BCUT2D eigenvalue weighted by Gasteiger charge is 2.27. The number of hydrogen-bond donors (Lipinski definition) is 1. The molecule has 0 aliphatic carbocycles. The summed E-state index contributed by atoms with van der Waals surface area (Å²) in [5.74, 6) is 0.554. The molecule has 0 bridgehead atoms. The number of carbonyl (C=O) groups is 1. The summed E-state index contributed by atoms with van der Waals surface area (Å²) >= 11 is 0. The Labute approximate surface area is 123 Å². The van der Waals surface area contributed by atoms with Crippen LogP contribution in [0.5, 0.6) is 0 Å². The maximum Gasteiger partial charge on any atom is 0.417 e. The number of hydrogen-bond acceptors (Lipinski definition) is 4. The summed E-state index contributed by atoms with van der Waals surface area (Å²) in [5.41, 5.74) is 5.50. The molecule has 20 heavy (non-hydrogen) atoms. The van der Waals surface area contributed by atoms with Crippen LogP contribution < -0.4 is 5.73 Å². The number of rotatable bonds is 4. The third kappa shape index (κ3) is 5.77. The molecule has 0 aromatic carbocycles. The van der Waals surface area contributed by atoms with Crippen LogP contribution in [-0.2, 0) is 4.74 Å². The lowest BCUT2D eigenvalue weighted by Crippen LogP contribution is -2.53. The molecule has 0 radical (unpaired) electrons. The zero-order valence-corrected chi connectivity index (χ0v) is 13.9. The Morgan fingerprint density at radius 1 is 1.30 bits per heavy atom. The van der Waals surface area contributed by atoms with Crippen molar-refractivity contribution < 1.29 is 9.53 Å². The molecule has 1 amide bonds. The summed E-state index contributed by atoms with van der Waals surface area (Å²) < 4.78 is 5.42. The van der Waals surface area contributed by atoms with Gasteiger partial charge < -0.3 is 15.4 Å². The van der Waals surface area contributed by atoms with Crippen molar-refractivity contribution in [2.75, 3.05) is 20.1 Å². The predicted octanol–water partition coefficient (Wildman–Crippen LogP) is 2.25. The maximum atomic E-state index is 12.3. The fourth-order valence-electron chi connectivity index (χ4n) is 1.62. The van der Waals surface area contributed by atoms with Crippen LogP contribution in [0.1, 0.15) is 48.0 Å². The van der Waals surface area contributed by atoms with E-state index in [1.165, 1.54) is 4.90 Å². The standard InChI is InChI=1S/C14H30N4O2/c1-8-11(15)17(7)12(16-9-2)18(10-3)13(19)20-14(4,5)6/h11H,8-10,15H2,1-7H3/b16-12+/t11-/m1/s1. The van der Waals surface area contributed by atoms with E-state index in [2.05, 4.69) is 4.99 Å². The van der Waals surface area contributed by atoms with Crippen LogP contribution >= 0.6 is 0 Å². The van der Waals surface area contributed by atoms with Crippen LogP contribution in [-0.4, -0.2) is 53.8 Å². The SMILES string of the molecule is CC/N=C(/N(CC)C(=O)OC(C)(C)C)N(C)[C@@H](N)CC. The zero-order chi connectivity index (χ0) is 15.9. The predicted molar refractivity (Wildman–Crippen MR) is 82.6 cm³/mol. The Kier molecular flexibility index (Phi) is 7.57. The van der Waals surface area contributed by atoms with E-state index in [1.54, 1.807) is 0 Å². The monoisotopic (exact) mass is 286 g/mol. The second-order valence-corrected chi connectivity index (χ2v) is 5.59. The van der Waals surface area contributed by atoms with Crippen molar-refractivity contribution in [1.82, 2.24) is 9.80 Å². The van der Waals surface area contributed by atoms with E-state index < -0.39 is 11.7 Å². The third-order valence-electron chi connectivity index (χ3n) is 2.70. The van der Waals surface area contributed by atoms with Crippen LogP contribution in [0.3, 0.4) is 0 Å². The van der Waals surface area contributed by atoms with Gasteiger partial charge in [0, 0.05) is 20.1 Å². The van der Waals surface area contributed by atoms with E-state index in [-0.39, 0.29) is 6.17 Å². The molecule has 0 aliphatic rings.